The average molecular weight is 232 g/mol. The van der Waals surface area contributed by atoms with E-state index in [1.165, 1.54) is 9.80 Å². The number of carbonyl (C=O) groups is 1. The Morgan fingerprint density at radius 1 is 1.06 bits per heavy atom. The van der Waals surface area contributed by atoms with Crippen molar-refractivity contribution in [2.24, 2.45) is 4.99 Å². The first-order valence-electron chi connectivity index (χ1n) is 5.38. The number of benzene rings is 1. The minimum Gasteiger partial charge on any atom is -0.378 e. The predicted octanol–water partition coefficient (Wildman–Crippen LogP) is 1.74. The van der Waals surface area contributed by atoms with E-state index in [2.05, 4.69) is 4.99 Å². The lowest BCUT2D eigenvalue weighted by atomic mass is 10.2. The van der Waals surface area contributed by atoms with Crippen LogP contribution in [0.2, 0.25) is 0 Å². The average Bonchev–Trinajstić information content (AvgIpc) is 2.35. The number of rotatable bonds is 2. The fraction of sp³-hybridized carbons (Fsp3) is 0.333. The first-order chi connectivity index (χ1) is 8.00. The Kier molecular flexibility index (Phi) is 2.75. The molecule has 1 aromatic rings. The fourth-order valence-corrected chi connectivity index (χ4v) is 1.67. The zero-order chi connectivity index (χ0) is 12.6. The second-order valence-electron chi connectivity index (χ2n) is 4.22. The van der Waals surface area contributed by atoms with Crippen molar-refractivity contribution in [1.82, 2.24) is 9.80 Å². The molecule has 1 aliphatic rings. The molecule has 1 saturated heterocycles. The quantitative estimate of drug-likeness (QED) is 0.779. The van der Waals surface area contributed by atoms with Gasteiger partial charge in [-0.3, -0.25) is 9.80 Å². The minimum atomic E-state index is -0.0336. The Hall–Kier alpha value is -2.04. The number of hydrogen-bond donors (Lipinski definition) is 0. The van der Waals surface area contributed by atoms with Gasteiger partial charge in [0.1, 0.15) is 0 Å². The summed E-state index contributed by atoms with van der Waals surface area (Å²) in [4.78, 5) is 20.8. The van der Waals surface area contributed by atoms with E-state index >= 15 is 0 Å². The number of urea groups is 1. The Morgan fingerprint density at radius 2 is 1.59 bits per heavy atom. The lowest BCUT2D eigenvalue weighted by Crippen LogP contribution is -2.60. The second kappa shape index (κ2) is 4.08. The maximum atomic E-state index is 11.3. The summed E-state index contributed by atoms with van der Waals surface area (Å²) in [6.07, 6.45) is 0. The van der Waals surface area contributed by atoms with E-state index in [1.54, 1.807) is 14.1 Å². The zero-order valence-electron chi connectivity index (χ0n) is 10.5. The van der Waals surface area contributed by atoms with Crippen molar-refractivity contribution in [2.45, 2.75) is 0 Å². The van der Waals surface area contributed by atoms with Crippen LogP contribution in [-0.4, -0.2) is 50.0 Å². The molecule has 90 valence electrons. The molecule has 0 saturated carbocycles. The molecule has 1 heterocycles. The van der Waals surface area contributed by atoms with Crippen LogP contribution in [-0.2, 0) is 0 Å². The smallest absolute Gasteiger partial charge is 0.333 e. The van der Waals surface area contributed by atoms with E-state index in [9.17, 15) is 4.79 Å². The molecule has 17 heavy (non-hydrogen) atoms. The van der Waals surface area contributed by atoms with Gasteiger partial charge in [0.2, 0.25) is 5.96 Å². The summed E-state index contributed by atoms with van der Waals surface area (Å²) in [5, 5.41) is 0. The van der Waals surface area contributed by atoms with Gasteiger partial charge < -0.3 is 4.90 Å². The van der Waals surface area contributed by atoms with Crippen LogP contribution in [0.5, 0.6) is 0 Å². The van der Waals surface area contributed by atoms with Crippen molar-refractivity contribution < 1.29 is 4.79 Å². The van der Waals surface area contributed by atoms with Crippen molar-refractivity contribution in [2.75, 3.05) is 33.1 Å². The molecule has 5 heteroatoms. The first kappa shape index (κ1) is 11.4. The van der Waals surface area contributed by atoms with Crippen molar-refractivity contribution in [1.29, 1.82) is 0 Å². The van der Waals surface area contributed by atoms with E-state index in [4.69, 9.17) is 0 Å². The van der Waals surface area contributed by atoms with E-state index < -0.39 is 0 Å². The molecule has 0 spiro atoms. The van der Waals surface area contributed by atoms with Crippen LogP contribution >= 0.6 is 0 Å². The number of guanidine groups is 1. The van der Waals surface area contributed by atoms with Crippen LogP contribution in [0.1, 0.15) is 0 Å². The SMILES string of the molecule is CN1C(=O)N(C)C1=Nc1ccc(N(C)C)cc1. The lowest BCUT2D eigenvalue weighted by molar-refractivity contribution is 0.183. The molecule has 1 aromatic carbocycles. The van der Waals surface area contributed by atoms with Crippen molar-refractivity contribution in [3.63, 3.8) is 0 Å². The standard InChI is InChI=1S/C12H16N4O/c1-14(2)10-7-5-9(6-8-10)13-11-15(3)12(17)16(11)4/h5-8H,1-4H3. The highest BCUT2D eigenvalue weighted by molar-refractivity contribution is 6.14. The highest BCUT2D eigenvalue weighted by atomic mass is 16.2. The molecule has 0 atom stereocenters. The van der Waals surface area contributed by atoms with Gasteiger partial charge in [0.15, 0.2) is 0 Å². The van der Waals surface area contributed by atoms with E-state index in [-0.39, 0.29) is 6.03 Å². The number of aliphatic imine (C=N–C) groups is 1. The minimum absolute atomic E-state index is 0.0336. The summed E-state index contributed by atoms with van der Waals surface area (Å²) in [5.74, 6) is 0.674. The number of hydrogen-bond acceptors (Lipinski definition) is 3. The Balaban J connectivity index is 2.20. The third-order valence-electron chi connectivity index (χ3n) is 2.77. The van der Waals surface area contributed by atoms with Crippen LogP contribution in [0.15, 0.2) is 29.3 Å². The zero-order valence-corrected chi connectivity index (χ0v) is 10.5. The normalized spacial score (nSPS) is 14.8. The van der Waals surface area contributed by atoms with Crippen LogP contribution < -0.4 is 4.90 Å². The molecule has 1 aliphatic heterocycles. The van der Waals surface area contributed by atoms with Crippen molar-refractivity contribution in [3.05, 3.63) is 24.3 Å². The highest BCUT2D eigenvalue weighted by Gasteiger charge is 2.34. The summed E-state index contributed by atoms with van der Waals surface area (Å²) < 4.78 is 0. The maximum absolute atomic E-state index is 11.3. The Labute approximate surface area is 101 Å². The van der Waals surface area contributed by atoms with Crippen LogP contribution in [0.25, 0.3) is 0 Å². The van der Waals surface area contributed by atoms with Crippen LogP contribution in [0.4, 0.5) is 16.2 Å². The molecule has 2 rings (SSSR count). The third-order valence-corrected chi connectivity index (χ3v) is 2.77. The third kappa shape index (κ3) is 1.95. The molecule has 0 bridgehead atoms. The van der Waals surface area contributed by atoms with Gasteiger partial charge in [-0.1, -0.05) is 0 Å². The van der Waals surface area contributed by atoms with Gasteiger partial charge in [-0.05, 0) is 24.3 Å². The van der Waals surface area contributed by atoms with E-state index in [0.717, 1.165) is 11.4 Å². The number of amides is 2. The fourth-order valence-electron chi connectivity index (χ4n) is 1.67. The molecule has 0 radical (unpaired) electrons. The van der Waals surface area contributed by atoms with Crippen molar-refractivity contribution in [3.8, 4) is 0 Å². The summed E-state index contributed by atoms with van der Waals surface area (Å²) in [6, 6.07) is 7.84. The predicted molar refractivity (Wildman–Crippen MR) is 68.8 cm³/mol. The molecule has 2 amide bonds. The first-order valence-corrected chi connectivity index (χ1v) is 5.38. The molecule has 0 unspecified atom stereocenters. The number of carbonyl (C=O) groups excluding carboxylic acids is 1. The summed E-state index contributed by atoms with van der Waals surface area (Å²) in [7, 11) is 7.42. The van der Waals surface area contributed by atoms with Gasteiger partial charge >= 0.3 is 6.03 Å². The lowest BCUT2D eigenvalue weighted by Gasteiger charge is -2.37. The van der Waals surface area contributed by atoms with Gasteiger partial charge in [0.25, 0.3) is 0 Å². The monoisotopic (exact) mass is 232 g/mol. The summed E-state index contributed by atoms with van der Waals surface area (Å²) >= 11 is 0. The van der Waals surface area contributed by atoms with Crippen molar-refractivity contribution >= 4 is 23.4 Å². The largest absolute Gasteiger partial charge is 0.378 e. The maximum Gasteiger partial charge on any atom is 0.333 e. The van der Waals surface area contributed by atoms with E-state index in [0.29, 0.717) is 5.96 Å². The van der Waals surface area contributed by atoms with Gasteiger partial charge in [0.05, 0.1) is 5.69 Å². The summed E-state index contributed by atoms with van der Waals surface area (Å²) in [5.41, 5.74) is 1.97. The van der Waals surface area contributed by atoms with Crippen LogP contribution in [0, 0.1) is 0 Å². The van der Waals surface area contributed by atoms with Gasteiger partial charge in [-0.15, -0.1) is 0 Å². The Morgan fingerprint density at radius 3 is 2.06 bits per heavy atom. The second-order valence-corrected chi connectivity index (χ2v) is 4.22. The molecule has 0 aromatic heterocycles. The topological polar surface area (TPSA) is 39.2 Å². The molecule has 5 nitrogen and oxygen atoms in total. The van der Waals surface area contributed by atoms with Gasteiger partial charge in [-0.25, -0.2) is 9.79 Å². The Bertz CT molecular complexity index is 450. The number of anilines is 1. The van der Waals surface area contributed by atoms with E-state index in [1.807, 2.05) is 43.3 Å². The number of nitrogens with zero attached hydrogens (tertiary/aromatic N) is 4. The molecular formula is C12H16N4O. The molecule has 0 aliphatic carbocycles. The highest BCUT2D eigenvalue weighted by Crippen LogP contribution is 2.21. The molecular weight excluding hydrogens is 216 g/mol. The van der Waals surface area contributed by atoms with Gasteiger partial charge in [0, 0.05) is 33.9 Å². The molecule has 0 N–H and O–H groups in total. The molecule has 1 fully saturated rings. The van der Waals surface area contributed by atoms with Gasteiger partial charge in [-0.2, -0.15) is 0 Å². The van der Waals surface area contributed by atoms with Crippen LogP contribution in [0.3, 0.4) is 0 Å². The summed E-state index contributed by atoms with van der Waals surface area (Å²) in [6.45, 7) is 0.